The molecule has 2 saturated heterocycles. The van der Waals surface area contributed by atoms with Crippen molar-refractivity contribution < 1.29 is 4.74 Å². The molecule has 2 fully saturated rings. The fourth-order valence-corrected chi connectivity index (χ4v) is 3.62. The smallest absolute Gasteiger partial charge is 0.0589 e. The van der Waals surface area contributed by atoms with E-state index in [1.165, 1.54) is 36.9 Å². The quantitative estimate of drug-likeness (QED) is 0.559. The Kier molecular flexibility index (Phi) is 4.67. The number of likely N-dealkylation sites (tertiary alicyclic amines) is 1. The minimum Gasteiger partial charge on any atom is -0.383 e. The summed E-state index contributed by atoms with van der Waals surface area (Å²) in [6.07, 6.45) is 2.79. The zero-order valence-corrected chi connectivity index (χ0v) is 11.6. The highest BCUT2D eigenvalue weighted by Gasteiger charge is 2.38. The summed E-state index contributed by atoms with van der Waals surface area (Å²) in [7, 11) is 1.80. The lowest BCUT2D eigenvalue weighted by Crippen LogP contribution is -2.54. The van der Waals surface area contributed by atoms with Crippen molar-refractivity contribution in [2.24, 2.45) is 0 Å². The molecule has 88 valence electrons. The van der Waals surface area contributed by atoms with Crippen LogP contribution in [0.25, 0.3) is 0 Å². The molecule has 0 aliphatic carbocycles. The number of piperazine rings is 1. The highest BCUT2D eigenvalue weighted by molar-refractivity contribution is 14.1. The van der Waals surface area contributed by atoms with Crippen molar-refractivity contribution in [3.8, 4) is 0 Å². The summed E-state index contributed by atoms with van der Waals surface area (Å²) in [6, 6.07) is 1.61. The van der Waals surface area contributed by atoms with Crippen molar-refractivity contribution in [1.82, 2.24) is 9.80 Å². The number of hydrogen-bond donors (Lipinski definition) is 0. The summed E-state index contributed by atoms with van der Waals surface area (Å²) in [4.78, 5) is 5.31. The van der Waals surface area contributed by atoms with Crippen LogP contribution < -0.4 is 0 Å². The Morgan fingerprint density at radius 2 is 1.87 bits per heavy atom. The fourth-order valence-electron chi connectivity index (χ4n) is 2.94. The predicted octanol–water partition coefficient (Wildman–Crippen LogP) is 1.22. The van der Waals surface area contributed by atoms with Crippen molar-refractivity contribution in [1.29, 1.82) is 0 Å². The van der Waals surface area contributed by atoms with Crippen molar-refractivity contribution in [3.05, 3.63) is 0 Å². The number of alkyl halides is 1. The molecule has 2 unspecified atom stereocenters. The zero-order chi connectivity index (χ0) is 10.7. The highest BCUT2D eigenvalue weighted by Crippen LogP contribution is 2.29. The van der Waals surface area contributed by atoms with Crippen LogP contribution in [-0.2, 0) is 4.74 Å². The molecular formula is C11H21IN2O. The molecular weight excluding hydrogens is 303 g/mol. The van der Waals surface area contributed by atoms with Gasteiger partial charge in [0.25, 0.3) is 0 Å². The van der Waals surface area contributed by atoms with Gasteiger partial charge in [0.2, 0.25) is 0 Å². The number of halogens is 1. The van der Waals surface area contributed by atoms with Crippen LogP contribution in [-0.4, -0.2) is 66.2 Å². The van der Waals surface area contributed by atoms with E-state index in [0.717, 1.165) is 25.2 Å². The van der Waals surface area contributed by atoms with Gasteiger partial charge in [-0.15, -0.1) is 0 Å². The molecule has 0 radical (unpaired) electrons. The van der Waals surface area contributed by atoms with E-state index in [4.69, 9.17) is 4.74 Å². The molecule has 2 rings (SSSR count). The third-order valence-electron chi connectivity index (χ3n) is 3.66. The molecule has 3 nitrogen and oxygen atoms in total. The molecule has 0 aromatic carbocycles. The molecule has 2 aliphatic rings. The van der Waals surface area contributed by atoms with Crippen LogP contribution in [0.3, 0.4) is 0 Å². The molecule has 2 bridgehead atoms. The summed E-state index contributed by atoms with van der Waals surface area (Å²) in [5, 5.41) is 0. The SMILES string of the molecule is COCCN1C2CCC1CN(CCI)C2. The fraction of sp³-hybridized carbons (Fsp3) is 1.00. The molecule has 0 amide bonds. The Labute approximate surface area is 106 Å². The number of methoxy groups -OCH3 is 1. The molecule has 2 atom stereocenters. The Balaban J connectivity index is 1.86. The Bertz CT molecular complexity index is 189. The van der Waals surface area contributed by atoms with Gasteiger partial charge < -0.3 is 4.74 Å². The standard InChI is InChI=1S/C11H21IN2O/c1-15-7-6-14-10-2-3-11(14)9-13(8-10)5-4-12/h10-11H,2-9H2,1H3. The molecule has 4 heteroatoms. The monoisotopic (exact) mass is 324 g/mol. The summed E-state index contributed by atoms with van der Waals surface area (Å²) in [5.74, 6) is 0. The average Bonchev–Trinajstić information content (AvgIpc) is 2.48. The second-order valence-corrected chi connectivity index (χ2v) is 5.64. The van der Waals surface area contributed by atoms with Crippen molar-refractivity contribution in [3.63, 3.8) is 0 Å². The summed E-state index contributed by atoms with van der Waals surface area (Å²) in [5.41, 5.74) is 0. The molecule has 0 aromatic rings. The van der Waals surface area contributed by atoms with Gasteiger partial charge in [-0.3, -0.25) is 9.80 Å². The normalized spacial score (nSPS) is 32.4. The average molecular weight is 324 g/mol. The zero-order valence-electron chi connectivity index (χ0n) is 9.49. The van der Waals surface area contributed by atoms with E-state index in [1.807, 2.05) is 0 Å². The number of rotatable bonds is 5. The minimum absolute atomic E-state index is 0.807. The Hall–Kier alpha value is 0.610. The van der Waals surface area contributed by atoms with Crippen molar-refractivity contribution in [2.45, 2.75) is 24.9 Å². The molecule has 0 N–H and O–H groups in total. The van der Waals surface area contributed by atoms with Crippen molar-refractivity contribution >= 4 is 22.6 Å². The lowest BCUT2D eigenvalue weighted by molar-refractivity contribution is 0.0480. The van der Waals surface area contributed by atoms with Crippen LogP contribution in [0.2, 0.25) is 0 Å². The Morgan fingerprint density at radius 1 is 1.20 bits per heavy atom. The van der Waals surface area contributed by atoms with Crippen LogP contribution in [0.15, 0.2) is 0 Å². The number of ether oxygens (including phenoxy) is 1. The third-order valence-corrected chi connectivity index (χ3v) is 4.15. The van der Waals surface area contributed by atoms with Gasteiger partial charge in [-0.2, -0.15) is 0 Å². The molecule has 15 heavy (non-hydrogen) atoms. The van der Waals surface area contributed by atoms with Gasteiger partial charge in [-0.25, -0.2) is 0 Å². The van der Waals surface area contributed by atoms with E-state index >= 15 is 0 Å². The van der Waals surface area contributed by atoms with Gasteiger partial charge in [0.1, 0.15) is 0 Å². The summed E-state index contributed by atoms with van der Waals surface area (Å²) < 4.78 is 6.45. The molecule has 0 aromatic heterocycles. The maximum atomic E-state index is 5.19. The third kappa shape index (κ3) is 2.84. The van der Waals surface area contributed by atoms with Gasteiger partial charge in [0.05, 0.1) is 6.61 Å². The second kappa shape index (κ2) is 5.80. The Morgan fingerprint density at radius 3 is 2.40 bits per heavy atom. The maximum absolute atomic E-state index is 5.19. The summed E-state index contributed by atoms with van der Waals surface area (Å²) >= 11 is 2.48. The lowest BCUT2D eigenvalue weighted by atomic mass is 10.2. The van der Waals surface area contributed by atoms with Gasteiger partial charge in [0, 0.05) is 49.8 Å². The molecule has 0 saturated carbocycles. The topological polar surface area (TPSA) is 15.7 Å². The first kappa shape index (κ1) is 12.1. The van der Waals surface area contributed by atoms with E-state index in [9.17, 15) is 0 Å². The summed E-state index contributed by atoms with van der Waals surface area (Å²) in [6.45, 7) is 5.85. The van der Waals surface area contributed by atoms with Gasteiger partial charge in [-0.1, -0.05) is 22.6 Å². The van der Waals surface area contributed by atoms with Gasteiger partial charge in [0.15, 0.2) is 0 Å². The minimum atomic E-state index is 0.807. The molecule has 2 heterocycles. The highest BCUT2D eigenvalue weighted by atomic mass is 127. The predicted molar refractivity (Wildman–Crippen MR) is 70.7 cm³/mol. The molecule has 2 aliphatic heterocycles. The first-order valence-electron chi connectivity index (χ1n) is 5.88. The van der Waals surface area contributed by atoms with Crippen LogP contribution in [0, 0.1) is 0 Å². The maximum Gasteiger partial charge on any atom is 0.0589 e. The van der Waals surface area contributed by atoms with Crippen LogP contribution in [0.4, 0.5) is 0 Å². The number of hydrogen-bond acceptors (Lipinski definition) is 3. The van der Waals surface area contributed by atoms with E-state index in [0.29, 0.717) is 0 Å². The number of nitrogens with zero attached hydrogens (tertiary/aromatic N) is 2. The first-order chi connectivity index (χ1) is 7.35. The van der Waals surface area contributed by atoms with Crippen molar-refractivity contribution in [2.75, 3.05) is 44.3 Å². The van der Waals surface area contributed by atoms with Gasteiger partial charge >= 0.3 is 0 Å². The second-order valence-electron chi connectivity index (χ2n) is 4.56. The van der Waals surface area contributed by atoms with E-state index in [-0.39, 0.29) is 0 Å². The van der Waals surface area contributed by atoms with E-state index in [2.05, 4.69) is 32.4 Å². The van der Waals surface area contributed by atoms with E-state index < -0.39 is 0 Å². The van der Waals surface area contributed by atoms with Crippen LogP contribution in [0.5, 0.6) is 0 Å². The lowest BCUT2D eigenvalue weighted by Gasteiger charge is -2.40. The van der Waals surface area contributed by atoms with Crippen LogP contribution >= 0.6 is 22.6 Å². The first-order valence-corrected chi connectivity index (χ1v) is 7.40. The van der Waals surface area contributed by atoms with Gasteiger partial charge in [-0.05, 0) is 12.8 Å². The largest absolute Gasteiger partial charge is 0.383 e. The van der Waals surface area contributed by atoms with E-state index in [1.54, 1.807) is 7.11 Å². The molecule has 0 spiro atoms. The van der Waals surface area contributed by atoms with Crippen LogP contribution in [0.1, 0.15) is 12.8 Å². The number of fused-ring (bicyclic) bond motifs is 2.